The fourth-order valence-electron chi connectivity index (χ4n) is 4.22. The van der Waals surface area contributed by atoms with Crippen LogP contribution in [-0.4, -0.2) is 55.8 Å². The van der Waals surface area contributed by atoms with Crippen molar-refractivity contribution < 1.29 is 14.6 Å². The summed E-state index contributed by atoms with van der Waals surface area (Å²) in [5.41, 5.74) is 4.97. The summed E-state index contributed by atoms with van der Waals surface area (Å²) >= 11 is 0. The van der Waals surface area contributed by atoms with Gasteiger partial charge < -0.3 is 14.7 Å². The lowest BCUT2D eigenvalue weighted by Crippen LogP contribution is -2.44. The van der Waals surface area contributed by atoms with E-state index in [-0.39, 0.29) is 19.1 Å². The van der Waals surface area contributed by atoms with Gasteiger partial charge >= 0.3 is 0 Å². The van der Waals surface area contributed by atoms with Gasteiger partial charge in [-0.1, -0.05) is 92.2 Å². The molecule has 0 aliphatic rings. The molecule has 192 valence electrons. The number of aromatic nitrogens is 4. The van der Waals surface area contributed by atoms with Crippen LogP contribution in [0.4, 0.5) is 0 Å². The van der Waals surface area contributed by atoms with E-state index in [0.717, 1.165) is 40.7 Å². The second kappa shape index (κ2) is 13.4. The Morgan fingerprint density at radius 2 is 1.70 bits per heavy atom. The van der Waals surface area contributed by atoms with E-state index < -0.39 is 6.04 Å². The van der Waals surface area contributed by atoms with Crippen LogP contribution in [0.2, 0.25) is 0 Å². The molecule has 0 bridgehead atoms. The van der Waals surface area contributed by atoms with Crippen LogP contribution in [0.25, 0.3) is 22.5 Å². The summed E-state index contributed by atoms with van der Waals surface area (Å²) in [7, 11) is 0. The number of nitrogens with zero attached hydrogens (tertiary/aromatic N) is 4. The molecule has 3 aromatic carbocycles. The van der Waals surface area contributed by atoms with Gasteiger partial charge in [0.05, 0.1) is 25.9 Å². The topological polar surface area (TPSA) is 104 Å². The van der Waals surface area contributed by atoms with E-state index in [2.05, 4.69) is 27.5 Å². The number of aliphatic hydroxyl groups is 1. The number of carbonyl (C=O) groups is 1. The molecular formula is C29H33N5O3. The molecule has 1 atom stereocenters. The Kier molecular flexibility index (Phi) is 9.51. The molecule has 2 N–H and O–H groups in total. The van der Waals surface area contributed by atoms with Crippen molar-refractivity contribution in [1.82, 2.24) is 25.5 Å². The molecule has 0 saturated carbocycles. The van der Waals surface area contributed by atoms with E-state index in [1.807, 2.05) is 78.9 Å². The largest absolute Gasteiger partial charge is 0.394 e. The molecule has 4 aromatic rings. The standard InChI is InChI=1S/C29H33N5O3/c1-2-3-13-28(36)34(25(19-35)21-37-20-23-9-5-4-6-10-23)18-22-14-16-24(17-15-22)26-11-7-8-12-27(26)29-30-32-33-31-29/h4-12,14-17,25,35H,2-3,13,18-21H2,1H3,(H,30,31,32,33)/t25-/m0/s1. The number of aliphatic hydroxyl groups excluding tert-OH is 1. The van der Waals surface area contributed by atoms with Gasteiger partial charge in [0, 0.05) is 18.5 Å². The molecule has 0 radical (unpaired) electrons. The molecule has 1 aromatic heterocycles. The maximum atomic E-state index is 13.1. The van der Waals surface area contributed by atoms with E-state index in [0.29, 0.717) is 25.4 Å². The molecule has 0 unspecified atom stereocenters. The second-order valence-electron chi connectivity index (χ2n) is 8.95. The normalized spacial score (nSPS) is 11.8. The first-order valence-corrected chi connectivity index (χ1v) is 12.6. The minimum absolute atomic E-state index is 0.0245. The monoisotopic (exact) mass is 499 g/mol. The van der Waals surface area contributed by atoms with Crippen LogP contribution in [0.5, 0.6) is 0 Å². The Morgan fingerprint density at radius 1 is 0.973 bits per heavy atom. The Hall–Kier alpha value is -3.88. The number of hydrogen-bond acceptors (Lipinski definition) is 6. The van der Waals surface area contributed by atoms with E-state index >= 15 is 0 Å². The SMILES string of the molecule is CCCCC(=O)N(Cc1ccc(-c2ccccc2-c2nnn[nH]2)cc1)[C@@H](CO)COCc1ccccc1. The number of carbonyl (C=O) groups excluding carboxylic acids is 1. The van der Waals surface area contributed by atoms with Gasteiger partial charge in [0.15, 0.2) is 5.82 Å². The minimum atomic E-state index is -0.424. The van der Waals surface area contributed by atoms with Gasteiger partial charge in [0.2, 0.25) is 5.91 Å². The molecule has 0 aliphatic heterocycles. The van der Waals surface area contributed by atoms with Crippen molar-refractivity contribution in [3.05, 3.63) is 90.0 Å². The maximum absolute atomic E-state index is 13.1. The quantitative estimate of drug-likeness (QED) is 0.278. The highest BCUT2D eigenvalue weighted by Gasteiger charge is 2.23. The molecule has 1 heterocycles. The van der Waals surface area contributed by atoms with Gasteiger partial charge in [-0.25, -0.2) is 5.10 Å². The van der Waals surface area contributed by atoms with Crippen LogP contribution in [0, 0.1) is 0 Å². The molecule has 4 rings (SSSR count). The predicted octanol–water partition coefficient (Wildman–Crippen LogP) is 4.63. The first-order valence-electron chi connectivity index (χ1n) is 12.6. The van der Waals surface area contributed by atoms with Crippen LogP contribution < -0.4 is 0 Å². The highest BCUT2D eigenvalue weighted by molar-refractivity contribution is 5.80. The molecule has 0 saturated heterocycles. The molecule has 8 heteroatoms. The highest BCUT2D eigenvalue weighted by Crippen LogP contribution is 2.30. The van der Waals surface area contributed by atoms with Crippen LogP contribution in [-0.2, 0) is 22.7 Å². The van der Waals surface area contributed by atoms with E-state index in [9.17, 15) is 9.90 Å². The fourth-order valence-corrected chi connectivity index (χ4v) is 4.22. The number of ether oxygens (including phenoxy) is 1. The average Bonchev–Trinajstić information content (AvgIpc) is 3.49. The number of benzene rings is 3. The van der Waals surface area contributed by atoms with Gasteiger partial charge in [-0.2, -0.15) is 0 Å². The number of H-pyrrole nitrogens is 1. The fraction of sp³-hybridized carbons (Fsp3) is 0.310. The zero-order valence-electron chi connectivity index (χ0n) is 21.1. The lowest BCUT2D eigenvalue weighted by molar-refractivity contribution is -0.137. The Labute approximate surface area is 217 Å². The van der Waals surface area contributed by atoms with Crippen molar-refractivity contribution in [1.29, 1.82) is 0 Å². The summed E-state index contributed by atoms with van der Waals surface area (Å²) in [4.78, 5) is 14.9. The zero-order chi connectivity index (χ0) is 25.9. The number of unbranched alkanes of at least 4 members (excludes halogenated alkanes) is 1. The van der Waals surface area contributed by atoms with Gasteiger partial charge in [0.25, 0.3) is 0 Å². The third kappa shape index (κ3) is 7.09. The Bertz CT molecular complexity index is 1230. The lowest BCUT2D eigenvalue weighted by atomic mass is 9.98. The minimum Gasteiger partial charge on any atom is -0.394 e. The first-order chi connectivity index (χ1) is 18.2. The Balaban J connectivity index is 1.49. The molecule has 0 aliphatic carbocycles. The van der Waals surface area contributed by atoms with Crippen molar-refractivity contribution in [2.45, 2.75) is 45.4 Å². The number of hydrogen-bond donors (Lipinski definition) is 2. The molecule has 1 amide bonds. The molecule has 0 spiro atoms. The van der Waals surface area contributed by atoms with Gasteiger partial charge in [-0.3, -0.25) is 4.79 Å². The number of aromatic amines is 1. The zero-order valence-corrected chi connectivity index (χ0v) is 21.1. The third-order valence-corrected chi connectivity index (χ3v) is 6.28. The molecule has 8 nitrogen and oxygen atoms in total. The average molecular weight is 500 g/mol. The van der Waals surface area contributed by atoms with Crippen molar-refractivity contribution in [2.75, 3.05) is 13.2 Å². The van der Waals surface area contributed by atoms with E-state index in [1.54, 1.807) is 4.90 Å². The van der Waals surface area contributed by atoms with E-state index in [1.165, 1.54) is 0 Å². The summed E-state index contributed by atoms with van der Waals surface area (Å²) in [5, 5.41) is 24.4. The number of amides is 1. The maximum Gasteiger partial charge on any atom is 0.223 e. The van der Waals surface area contributed by atoms with E-state index in [4.69, 9.17) is 4.74 Å². The van der Waals surface area contributed by atoms with Crippen molar-refractivity contribution in [3.8, 4) is 22.5 Å². The lowest BCUT2D eigenvalue weighted by Gasteiger charge is -2.31. The molecular weight excluding hydrogens is 466 g/mol. The summed E-state index contributed by atoms with van der Waals surface area (Å²) in [6.45, 7) is 3.00. The van der Waals surface area contributed by atoms with Gasteiger partial charge in [-0.05, 0) is 39.1 Å². The van der Waals surface area contributed by atoms with Gasteiger partial charge in [0.1, 0.15) is 0 Å². The van der Waals surface area contributed by atoms with Crippen molar-refractivity contribution in [3.63, 3.8) is 0 Å². The highest BCUT2D eigenvalue weighted by atomic mass is 16.5. The summed E-state index contributed by atoms with van der Waals surface area (Å²) < 4.78 is 5.90. The van der Waals surface area contributed by atoms with Crippen molar-refractivity contribution in [2.24, 2.45) is 0 Å². The van der Waals surface area contributed by atoms with Crippen LogP contribution in [0.3, 0.4) is 0 Å². The molecule has 37 heavy (non-hydrogen) atoms. The predicted molar refractivity (Wildman–Crippen MR) is 142 cm³/mol. The first kappa shape index (κ1) is 26.2. The summed E-state index contributed by atoms with van der Waals surface area (Å²) in [6.07, 6.45) is 2.19. The molecule has 0 fully saturated rings. The Morgan fingerprint density at radius 3 is 2.38 bits per heavy atom. The second-order valence-corrected chi connectivity index (χ2v) is 8.95. The van der Waals surface area contributed by atoms with Crippen LogP contribution in [0.1, 0.15) is 37.3 Å². The smallest absolute Gasteiger partial charge is 0.223 e. The van der Waals surface area contributed by atoms with Crippen LogP contribution in [0.15, 0.2) is 78.9 Å². The summed E-state index contributed by atoms with van der Waals surface area (Å²) in [6, 6.07) is 25.5. The number of tetrazole rings is 1. The summed E-state index contributed by atoms with van der Waals surface area (Å²) in [5.74, 6) is 0.630. The third-order valence-electron chi connectivity index (χ3n) is 6.28. The van der Waals surface area contributed by atoms with Gasteiger partial charge in [-0.15, -0.1) is 5.10 Å². The number of nitrogens with one attached hydrogen (secondary N) is 1. The van der Waals surface area contributed by atoms with Crippen LogP contribution >= 0.6 is 0 Å². The van der Waals surface area contributed by atoms with Crippen molar-refractivity contribution >= 4 is 5.91 Å². The number of rotatable bonds is 13.